The van der Waals surface area contributed by atoms with Crippen molar-refractivity contribution in [2.24, 2.45) is 0 Å². The van der Waals surface area contributed by atoms with Gasteiger partial charge in [0.1, 0.15) is 5.82 Å². The van der Waals surface area contributed by atoms with Gasteiger partial charge in [0.05, 0.1) is 5.56 Å². The highest BCUT2D eigenvalue weighted by Gasteiger charge is 2.34. The van der Waals surface area contributed by atoms with Gasteiger partial charge in [0, 0.05) is 12.1 Å². The van der Waals surface area contributed by atoms with Crippen molar-refractivity contribution in [1.82, 2.24) is 10.0 Å². The van der Waals surface area contributed by atoms with E-state index in [4.69, 9.17) is 4.42 Å². The Hall–Kier alpha value is -2.40. The molecule has 0 aliphatic carbocycles. The van der Waals surface area contributed by atoms with Crippen molar-refractivity contribution in [3.05, 3.63) is 53.0 Å². The summed E-state index contributed by atoms with van der Waals surface area (Å²) in [5, 5.41) is 1.68. The number of halogens is 4. The first-order valence-corrected chi connectivity index (χ1v) is 9.45. The van der Waals surface area contributed by atoms with E-state index in [0.29, 0.717) is 6.07 Å². The molecule has 11 heteroatoms. The maximum absolute atomic E-state index is 13.1. The molecule has 1 aromatic carbocycles. The number of benzene rings is 1. The van der Waals surface area contributed by atoms with E-state index >= 15 is 0 Å². The van der Waals surface area contributed by atoms with Crippen LogP contribution in [0.25, 0.3) is 0 Å². The van der Waals surface area contributed by atoms with E-state index in [2.05, 4.69) is 10.0 Å². The number of carbonyl (C=O) groups is 1. The number of hydrogen-bond donors (Lipinski definition) is 2. The highest BCUT2D eigenvalue weighted by Crippen LogP contribution is 2.32. The molecule has 2 aromatic rings. The average molecular weight is 422 g/mol. The Labute approximate surface area is 159 Å². The van der Waals surface area contributed by atoms with Crippen molar-refractivity contribution < 1.29 is 35.2 Å². The molecule has 2 rings (SSSR count). The predicted octanol–water partition coefficient (Wildman–Crippen LogP) is 3.44. The van der Waals surface area contributed by atoms with Crippen molar-refractivity contribution in [3.8, 4) is 0 Å². The van der Waals surface area contributed by atoms with Gasteiger partial charge in [-0.2, -0.15) is 13.2 Å². The molecule has 154 valence electrons. The van der Waals surface area contributed by atoms with Gasteiger partial charge in [0.25, 0.3) is 15.9 Å². The normalized spacial score (nSPS) is 12.8. The first-order chi connectivity index (χ1) is 12.7. The molecule has 0 fully saturated rings. The third kappa shape index (κ3) is 5.55. The topological polar surface area (TPSA) is 88.4 Å². The zero-order valence-electron chi connectivity index (χ0n) is 15.1. The fourth-order valence-corrected chi connectivity index (χ4v) is 3.62. The minimum Gasteiger partial charge on any atom is -0.438 e. The fraction of sp³-hybridized carbons (Fsp3) is 0.353. The number of hydrogen-bond acceptors (Lipinski definition) is 4. The van der Waals surface area contributed by atoms with E-state index in [0.717, 1.165) is 24.3 Å². The van der Waals surface area contributed by atoms with Crippen LogP contribution in [0.2, 0.25) is 0 Å². The van der Waals surface area contributed by atoms with Crippen LogP contribution in [-0.4, -0.2) is 19.9 Å². The second kappa shape index (κ2) is 7.55. The molecule has 1 amide bonds. The van der Waals surface area contributed by atoms with E-state index in [1.165, 1.54) is 0 Å². The summed E-state index contributed by atoms with van der Waals surface area (Å²) in [6.45, 7) is 4.28. The van der Waals surface area contributed by atoms with Gasteiger partial charge in [0.2, 0.25) is 5.09 Å². The van der Waals surface area contributed by atoms with Crippen LogP contribution in [0.3, 0.4) is 0 Å². The van der Waals surface area contributed by atoms with Gasteiger partial charge in [-0.15, -0.1) is 0 Å². The molecule has 1 heterocycles. The third-order valence-electron chi connectivity index (χ3n) is 3.33. The van der Waals surface area contributed by atoms with E-state index in [1.54, 1.807) is 20.8 Å². The van der Waals surface area contributed by atoms with Crippen LogP contribution in [0, 0.1) is 5.82 Å². The Bertz CT molecular complexity index is 976. The Morgan fingerprint density at radius 1 is 1.11 bits per heavy atom. The molecule has 0 unspecified atom stereocenters. The largest absolute Gasteiger partial charge is 0.438 e. The first-order valence-electron chi connectivity index (χ1n) is 7.97. The monoisotopic (exact) mass is 422 g/mol. The Kier molecular flexibility index (Phi) is 5.90. The Morgan fingerprint density at radius 3 is 2.32 bits per heavy atom. The first kappa shape index (κ1) is 21.9. The van der Waals surface area contributed by atoms with Crippen LogP contribution in [0.1, 0.15) is 42.5 Å². The van der Waals surface area contributed by atoms with Gasteiger partial charge >= 0.3 is 6.18 Å². The number of rotatable bonds is 5. The number of alkyl halides is 3. The molecule has 0 saturated carbocycles. The molecule has 0 spiro atoms. The summed E-state index contributed by atoms with van der Waals surface area (Å²) in [7, 11) is -4.02. The summed E-state index contributed by atoms with van der Waals surface area (Å²) in [6, 6.07) is 4.22. The zero-order chi connectivity index (χ0) is 21.3. The number of furan rings is 1. The summed E-state index contributed by atoms with van der Waals surface area (Å²) in [6.07, 6.45) is -4.80. The lowest BCUT2D eigenvalue weighted by molar-refractivity contribution is -0.138. The van der Waals surface area contributed by atoms with E-state index in [1.807, 2.05) is 0 Å². The zero-order valence-corrected chi connectivity index (χ0v) is 16.0. The van der Waals surface area contributed by atoms with Crippen molar-refractivity contribution in [2.45, 2.75) is 44.1 Å². The lowest BCUT2D eigenvalue weighted by Gasteiger charge is -2.19. The standard InChI is InChI=1S/C17H18F4N2O4S/c1-16(2,3)23-28(25,26)14-7-6-13(27-14)15(24)22-9-10-4-5-11(18)8-12(10)17(19,20)21/h4-8,23H,9H2,1-3H3,(H,22,24). The van der Waals surface area contributed by atoms with E-state index in [-0.39, 0.29) is 5.56 Å². The van der Waals surface area contributed by atoms with E-state index < -0.39 is 56.4 Å². The maximum atomic E-state index is 13.1. The van der Waals surface area contributed by atoms with Crippen molar-refractivity contribution in [1.29, 1.82) is 0 Å². The van der Waals surface area contributed by atoms with Crippen LogP contribution in [0.15, 0.2) is 39.8 Å². The van der Waals surface area contributed by atoms with Crippen LogP contribution < -0.4 is 10.0 Å². The number of nitrogens with one attached hydrogen (secondary N) is 2. The van der Waals surface area contributed by atoms with Crippen LogP contribution >= 0.6 is 0 Å². The number of carbonyl (C=O) groups excluding carboxylic acids is 1. The van der Waals surface area contributed by atoms with E-state index in [9.17, 15) is 30.8 Å². The second-order valence-electron chi connectivity index (χ2n) is 6.96. The lowest BCUT2D eigenvalue weighted by Crippen LogP contribution is -2.40. The van der Waals surface area contributed by atoms with Crippen molar-refractivity contribution in [3.63, 3.8) is 0 Å². The van der Waals surface area contributed by atoms with Gasteiger partial charge in [0.15, 0.2) is 5.76 Å². The lowest BCUT2D eigenvalue weighted by atomic mass is 10.1. The Morgan fingerprint density at radius 2 is 1.75 bits per heavy atom. The van der Waals surface area contributed by atoms with Crippen LogP contribution in [0.4, 0.5) is 17.6 Å². The summed E-state index contributed by atoms with van der Waals surface area (Å²) >= 11 is 0. The molecule has 0 aliphatic rings. The fourth-order valence-electron chi connectivity index (χ4n) is 2.27. The molecular formula is C17H18F4N2O4S. The highest BCUT2D eigenvalue weighted by atomic mass is 32.2. The van der Waals surface area contributed by atoms with Gasteiger partial charge in [-0.25, -0.2) is 17.5 Å². The maximum Gasteiger partial charge on any atom is 0.416 e. The molecule has 0 radical (unpaired) electrons. The number of sulfonamides is 1. The molecule has 0 atom stereocenters. The van der Waals surface area contributed by atoms with Crippen LogP contribution in [0.5, 0.6) is 0 Å². The minimum atomic E-state index is -4.80. The second-order valence-corrected chi connectivity index (χ2v) is 8.57. The predicted molar refractivity (Wildman–Crippen MR) is 91.4 cm³/mol. The molecule has 0 bridgehead atoms. The smallest absolute Gasteiger partial charge is 0.416 e. The molecule has 0 aliphatic heterocycles. The van der Waals surface area contributed by atoms with Gasteiger partial charge in [-0.05, 0) is 50.6 Å². The minimum absolute atomic E-state index is 0.331. The molecule has 28 heavy (non-hydrogen) atoms. The molecule has 1 aromatic heterocycles. The van der Waals surface area contributed by atoms with Crippen LogP contribution in [-0.2, 0) is 22.7 Å². The quantitative estimate of drug-likeness (QED) is 0.723. The summed E-state index contributed by atoms with van der Waals surface area (Å²) in [5.74, 6) is -2.38. The molecule has 6 nitrogen and oxygen atoms in total. The van der Waals surface area contributed by atoms with Crippen molar-refractivity contribution >= 4 is 15.9 Å². The highest BCUT2D eigenvalue weighted by molar-refractivity contribution is 7.89. The van der Waals surface area contributed by atoms with Gasteiger partial charge in [-0.1, -0.05) is 6.07 Å². The van der Waals surface area contributed by atoms with Gasteiger partial charge < -0.3 is 9.73 Å². The molecular weight excluding hydrogens is 404 g/mol. The van der Waals surface area contributed by atoms with Gasteiger partial charge in [-0.3, -0.25) is 4.79 Å². The summed E-state index contributed by atoms with van der Waals surface area (Å²) in [5.41, 5.74) is -2.36. The summed E-state index contributed by atoms with van der Waals surface area (Å²) in [4.78, 5) is 12.1. The average Bonchev–Trinajstić information content (AvgIpc) is 3.01. The Balaban J connectivity index is 2.15. The number of amides is 1. The SMILES string of the molecule is CC(C)(C)NS(=O)(=O)c1ccc(C(=O)NCc2ccc(F)cc2C(F)(F)F)o1. The third-order valence-corrected chi connectivity index (χ3v) is 4.96. The summed E-state index contributed by atoms with van der Waals surface area (Å²) < 4.78 is 83.7. The molecule has 2 N–H and O–H groups in total. The van der Waals surface area contributed by atoms with Crippen molar-refractivity contribution in [2.75, 3.05) is 0 Å². The molecule has 0 saturated heterocycles.